The Morgan fingerprint density at radius 1 is 1.02 bits per heavy atom. The van der Waals surface area contributed by atoms with Crippen LogP contribution in [0.1, 0.15) is 76.3 Å². The van der Waals surface area contributed by atoms with E-state index in [0.717, 1.165) is 36.1 Å². The summed E-state index contributed by atoms with van der Waals surface area (Å²) in [5.74, 6) is 0.206. The van der Waals surface area contributed by atoms with E-state index in [0.29, 0.717) is 44.0 Å². The normalized spacial score (nSPS) is 24.8. The number of carbonyl (C=O) groups excluding carboxylic acids is 3. The van der Waals surface area contributed by atoms with E-state index in [2.05, 4.69) is 35.1 Å². The molecule has 4 atom stereocenters. The number of nitrogens with one attached hydrogen (secondary N) is 4. The van der Waals surface area contributed by atoms with Crippen LogP contribution in [0.15, 0.2) is 48.5 Å². The van der Waals surface area contributed by atoms with Crippen molar-refractivity contribution in [1.82, 2.24) is 21.3 Å². The molecule has 0 saturated heterocycles. The lowest BCUT2D eigenvalue weighted by Crippen LogP contribution is -2.64. The number of benzene rings is 2. The van der Waals surface area contributed by atoms with E-state index >= 15 is 0 Å². The van der Waals surface area contributed by atoms with E-state index in [4.69, 9.17) is 16.3 Å². The maximum atomic E-state index is 14.0. The zero-order chi connectivity index (χ0) is 30.1. The van der Waals surface area contributed by atoms with E-state index in [1.54, 1.807) is 12.1 Å². The molecule has 4 rings (SSSR count). The molecule has 0 bridgehead atoms. The number of carbonyl (C=O) groups is 3. The van der Waals surface area contributed by atoms with E-state index in [-0.39, 0.29) is 36.0 Å². The van der Waals surface area contributed by atoms with Gasteiger partial charge in [0.05, 0.1) is 6.04 Å². The summed E-state index contributed by atoms with van der Waals surface area (Å²) in [7, 11) is 0. The third-order valence-electron chi connectivity index (χ3n) is 8.75. The van der Waals surface area contributed by atoms with Crippen molar-refractivity contribution in [3.05, 3.63) is 64.7 Å². The summed E-state index contributed by atoms with van der Waals surface area (Å²) in [5, 5.41) is 13.2. The second-order valence-electron chi connectivity index (χ2n) is 11.8. The molecule has 1 fully saturated rings. The monoisotopic (exact) mass is 596 g/mol. The van der Waals surface area contributed by atoms with Crippen molar-refractivity contribution in [2.24, 2.45) is 5.92 Å². The molecule has 1 spiro atoms. The number of para-hydroxylation sites is 1. The van der Waals surface area contributed by atoms with Crippen molar-refractivity contribution in [2.75, 3.05) is 19.7 Å². The van der Waals surface area contributed by atoms with E-state index in [1.807, 2.05) is 43.3 Å². The summed E-state index contributed by atoms with van der Waals surface area (Å²) in [6.45, 7) is 7.53. The van der Waals surface area contributed by atoms with Gasteiger partial charge in [0.25, 0.3) is 0 Å². The van der Waals surface area contributed by atoms with Crippen LogP contribution in [0.4, 0.5) is 0 Å². The Bertz CT molecular complexity index is 1230. The number of hydrogen-bond donors (Lipinski definition) is 4. The molecule has 228 valence electrons. The molecule has 0 radical (unpaired) electrons. The van der Waals surface area contributed by atoms with Crippen molar-refractivity contribution in [2.45, 2.75) is 89.3 Å². The smallest absolute Gasteiger partial charge is 0.246 e. The summed E-state index contributed by atoms with van der Waals surface area (Å²) in [5.41, 5.74) is 0.846. The Kier molecular flexibility index (Phi) is 11.3. The molecular weight excluding hydrogens is 552 g/mol. The van der Waals surface area contributed by atoms with Crippen LogP contribution < -0.4 is 26.0 Å². The van der Waals surface area contributed by atoms with Crippen LogP contribution >= 0.6 is 11.6 Å². The minimum Gasteiger partial charge on any atom is -0.492 e. The van der Waals surface area contributed by atoms with Crippen LogP contribution in [0.2, 0.25) is 5.02 Å². The first-order valence-corrected chi connectivity index (χ1v) is 15.7. The molecule has 42 heavy (non-hydrogen) atoms. The second-order valence-corrected chi connectivity index (χ2v) is 12.3. The van der Waals surface area contributed by atoms with Crippen molar-refractivity contribution >= 4 is 29.3 Å². The Balaban J connectivity index is 1.64. The van der Waals surface area contributed by atoms with Crippen molar-refractivity contribution in [3.8, 4) is 5.75 Å². The fourth-order valence-corrected chi connectivity index (χ4v) is 6.19. The second kappa shape index (κ2) is 14.9. The topological polar surface area (TPSA) is 109 Å². The predicted molar refractivity (Wildman–Crippen MR) is 166 cm³/mol. The average molecular weight is 597 g/mol. The van der Waals surface area contributed by atoms with Crippen LogP contribution in [0.3, 0.4) is 0 Å². The Morgan fingerprint density at radius 3 is 2.52 bits per heavy atom. The van der Waals surface area contributed by atoms with Crippen molar-refractivity contribution in [1.29, 1.82) is 0 Å². The predicted octanol–water partition coefficient (Wildman–Crippen LogP) is 4.50. The number of halogens is 1. The van der Waals surface area contributed by atoms with Crippen LogP contribution in [-0.2, 0) is 20.8 Å². The van der Waals surface area contributed by atoms with E-state index in [1.165, 1.54) is 0 Å². The Morgan fingerprint density at radius 2 is 1.79 bits per heavy atom. The first-order chi connectivity index (χ1) is 20.2. The van der Waals surface area contributed by atoms with Gasteiger partial charge in [-0.25, -0.2) is 0 Å². The van der Waals surface area contributed by atoms with Gasteiger partial charge in [-0.2, -0.15) is 0 Å². The fourth-order valence-electron chi connectivity index (χ4n) is 5.98. The van der Waals surface area contributed by atoms with Crippen LogP contribution in [0, 0.1) is 5.92 Å². The first-order valence-electron chi connectivity index (χ1n) is 15.3. The van der Waals surface area contributed by atoms with Crippen LogP contribution in [0.5, 0.6) is 5.75 Å². The number of fused-ring (bicyclic) bond motifs is 1. The van der Waals surface area contributed by atoms with Gasteiger partial charge in [0.15, 0.2) is 0 Å². The highest BCUT2D eigenvalue weighted by Crippen LogP contribution is 2.31. The SMILES string of the molecule is CCC(C)[C@@H]1NCCOc2ccccc2C(C)CCNC(=O)[C@@H](Cc2cccc(Cl)c2)NC(=O)C2(CCCC2)NC1=O. The zero-order valence-electron chi connectivity index (χ0n) is 25.0. The number of amides is 3. The fraction of sp³-hybridized carbons (Fsp3) is 0.545. The minimum absolute atomic E-state index is 0.0470. The van der Waals surface area contributed by atoms with Crippen LogP contribution in [-0.4, -0.2) is 55.0 Å². The molecule has 1 aliphatic carbocycles. The Hall–Kier alpha value is -3.10. The quantitative estimate of drug-likeness (QED) is 0.416. The highest BCUT2D eigenvalue weighted by Gasteiger charge is 2.45. The summed E-state index contributed by atoms with van der Waals surface area (Å²) in [6.07, 6.45) is 4.50. The molecule has 1 saturated carbocycles. The number of rotatable bonds is 4. The van der Waals surface area contributed by atoms with E-state index in [9.17, 15) is 14.4 Å². The van der Waals surface area contributed by atoms with Crippen molar-refractivity contribution in [3.63, 3.8) is 0 Å². The molecule has 3 amide bonds. The third-order valence-corrected chi connectivity index (χ3v) is 8.99. The van der Waals surface area contributed by atoms with Gasteiger partial charge in [0, 0.05) is 24.5 Å². The summed E-state index contributed by atoms with van der Waals surface area (Å²) < 4.78 is 6.17. The van der Waals surface area contributed by atoms with Gasteiger partial charge in [-0.15, -0.1) is 0 Å². The van der Waals surface area contributed by atoms with Gasteiger partial charge in [0.2, 0.25) is 17.7 Å². The summed E-state index contributed by atoms with van der Waals surface area (Å²) in [6, 6.07) is 14.0. The maximum absolute atomic E-state index is 14.0. The molecule has 2 aromatic carbocycles. The summed E-state index contributed by atoms with van der Waals surface area (Å²) >= 11 is 6.23. The lowest BCUT2D eigenvalue weighted by molar-refractivity contribution is -0.137. The number of hydrogen-bond acceptors (Lipinski definition) is 5. The first kappa shape index (κ1) is 31.8. The van der Waals surface area contributed by atoms with Crippen molar-refractivity contribution < 1.29 is 19.1 Å². The molecule has 8 nitrogen and oxygen atoms in total. The highest BCUT2D eigenvalue weighted by molar-refractivity contribution is 6.30. The van der Waals surface area contributed by atoms with Gasteiger partial charge in [-0.1, -0.05) is 82.0 Å². The van der Waals surface area contributed by atoms with Gasteiger partial charge in [0.1, 0.15) is 23.9 Å². The molecule has 4 N–H and O–H groups in total. The molecule has 2 aromatic rings. The molecule has 9 heteroatoms. The standard InChI is InChI=1S/C33H45ClN4O4/c1-4-22(2)29-31(40)38-33(15-7-8-16-33)32(41)37-27(21-24-10-9-11-25(34)20-24)30(39)36-17-14-23(3)26-12-5-6-13-28(26)42-19-18-35-29/h5-6,9-13,20,22-23,27,29,35H,4,7-8,14-19,21H2,1-3H3,(H,36,39)(H,37,41)(H,38,40)/t22?,23?,27-,29+/m1/s1. The summed E-state index contributed by atoms with van der Waals surface area (Å²) in [4.78, 5) is 41.3. The number of ether oxygens (including phenoxy) is 1. The maximum Gasteiger partial charge on any atom is 0.246 e. The van der Waals surface area contributed by atoms with Gasteiger partial charge < -0.3 is 26.0 Å². The average Bonchev–Trinajstić information content (AvgIpc) is 3.45. The third kappa shape index (κ3) is 8.04. The largest absolute Gasteiger partial charge is 0.492 e. The van der Waals surface area contributed by atoms with Gasteiger partial charge in [-0.05, 0) is 60.4 Å². The van der Waals surface area contributed by atoms with Gasteiger partial charge >= 0.3 is 0 Å². The molecule has 1 heterocycles. The molecule has 2 unspecified atom stereocenters. The highest BCUT2D eigenvalue weighted by atomic mass is 35.5. The molecule has 2 aliphatic rings. The zero-order valence-corrected chi connectivity index (χ0v) is 25.8. The van der Waals surface area contributed by atoms with Gasteiger partial charge in [-0.3, -0.25) is 14.4 Å². The molecule has 1 aliphatic heterocycles. The molecular formula is C33H45ClN4O4. The lowest BCUT2D eigenvalue weighted by Gasteiger charge is -2.34. The van der Waals surface area contributed by atoms with E-state index < -0.39 is 17.6 Å². The van der Waals surface area contributed by atoms with Crippen LogP contribution in [0.25, 0.3) is 0 Å². The minimum atomic E-state index is -1.06. The molecule has 0 aromatic heterocycles. The Labute approximate surface area is 254 Å². The lowest BCUT2D eigenvalue weighted by atomic mass is 9.92.